The van der Waals surface area contributed by atoms with Crippen LogP contribution in [0.5, 0.6) is 0 Å². The standard InChI is InChI=1S/C13H26N2O/c1-11-8-15(9-12(2)16-11)10-13(3)6-4-5-7-14-13/h11-12,14H,4-10H2,1-3H3. The van der Waals surface area contributed by atoms with E-state index in [0.717, 1.165) is 13.1 Å². The van der Waals surface area contributed by atoms with E-state index < -0.39 is 0 Å². The first-order valence-electron chi connectivity index (χ1n) is 6.70. The Morgan fingerprint density at radius 2 is 1.94 bits per heavy atom. The Morgan fingerprint density at radius 3 is 2.50 bits per heavy atom. The third-order valence-electron chi connectivity index (χ3n) is 3.77. The van der Waals surface area contributed by atoms with E-state index in [1.165, 1.54) is 32.4 Å². The van der Waals surface area contributed by atoms with E-state index >= 15 is 0 Å². The zero-order valence-corrected chi connectivity index (χ0v) is 11.0. The highest BCUT2D eigenvalue weighted by Gasteiger charge is 2.31. The molecule has 3 heteroatoms. The molecule has 0 amide bonds. The van der Waals surface area contributed by atoms with Gasteiger partial charge in [0.25, 0.3) is 0 Å². The predicted octanol–water partition coefficient (Wildman–Crippen LogP) is 1.63. The monoisotopic (exact) mass is 226 g/mol. The van der Waals surface area contributed by atoms with Crippen LogP contribution in [0.3, 0.4) is 0 Å². The highest BCUT2D eigenvalue weighted by atomic mass is 16.5. The minimum atomic E-state index is 0.328. The lowest BCUT2D eigenvalue weighted by Gasteiger charge is -2.43. The second kappa shape index (κ2) is 5.03. The molecular weight excluding hydrogens is 200 g/mol. The second-order valence-corrected chi connectivity index (χ2v) is 5.90. The van der Waals surface area contributed by atoms with Crippen molar-refractivity contribution < 1.29 is 4.74 Å². The Bertz CT molecular complexity index is 216. The Hall–Kier alpha value is -0.120. The van der Waals surface area contributed by atoms with Gasteiger partial charge in [0.15, 0.2) is 0 Å². The SMILES string of the molecule is CC1CN(CC2(C)CCCCN2)CC(C)O1. The maximum Gasteiger partial charge on any atom is 0.0678 e. The van der Waals surface area contributed by atoms with Gasteiger partial charge in [0.2, 0.25) is 0 Å². The van der Waals surface area contributed by atoms with Crippen LogP contribution >= 0.6 is 0 Å². The van der Waals surface area contributed by atoms with Gasteiger partial charge in [-0.25, -0.2) is 0 Å². The van der Waals surface area contributed by atoms with Gasteiger partial charge in [-0.2, -0.15) is 0 Å². The molecule has 2 saturated heterocycles. The average Bonchev–Trinajstić information content (AvgIpc) is 2.15. The van der Waals surface area contributed by atoms with E-state index in [1.807, 2.05) is 0 Å². The molecule has 1 N–H and O–H groups in total. The topological polar surface area (TPSA) is 24.5 Å². The normalized spacial score (nSPS) is 42.2. The molecule has 3 atom stereocenters. The van der Waals surface area contributed by atoms with Gasteiger partial charge in [-0.05, 0) is 40.2 Å². The smallest absolute Gasteiger partial charge is 0.0678 e. The third-order valence-corrected chi connectivity index (χ3v) is 3.77. The van der Waals surface area contributed by atoms with Crippen molar-refractivity contribution in [3.05, 3.63) is 0 Å². The number of hydrogen-bond acceptors (Lipinski definition) is 3. The van der Waals surface area contributed by atoms with Crippen LogP contribution in [-0.4, -0.2) is 48.8 Å². The van der Waals surface area contributed by atoms with Gasteiger partial charge < -0.3 is 10.1 Å². The van der Waals surface area contributed by atoms with Crippen LogP contribution in [0.4, 0.5) is 0 Å². The molecule has 16 heavy (non-hydrogen) atoms. The highest BCUT2D eigenvalue weighted by molar-refractivity contribution is 4.91. The zero-order valence-electron chi connectivity index (χ0n) is 11.0. The lowest BCUT2D eigenvalue weighted by atomic mass is 9.90. The molecular formula is C13H26N2O. The molecule has 3 nitrogen and oxygen atoms in total. The van der Waals surface area contributed by atoms with E-state index in [4.69, 9.17) is 4.74 Å². The van der Waals surface area contributed by atoms with E-state index in [9.17, 15) is 0 Å². The molecule has 0 aromatic rings. The summed E-state index contributed by atoms with van der Waals surface area (Å²) in [4.78, 5) is 2.57. The Labute approximate surface area is 99.5 Å². The van der Waals surface area contributed by atoms with E-state index in [2.05, 4.69) is 31.0 Å². The van der Waals surface area contributed by atoms with Crippen molar-refractivity contribution in [3.8, 4) is 0 Å². The lowest BCUT2D eigenvalue weighted by Crippen LogP contribution is -2.57. The Balaban J connectivity index is 1.87. The fraction of sp³-hybridized carbons (Fsp3) is 1.00. The van der Waals surface area contributed by atoms with Crippen LogP contribution < -0.4 is 5.32 Å². The van der Waals surface area contributed by atoms with Crippen molar-refractivity contribution in [2.45, 2.75) is 57.8 Å². The molecule has 0 saturated carbocycles. The summed E-state index contributed by atoms with van der Waals surface area (Å²) in [5.74, 6) is 0. The molecule has 2 fully saturated rings. The number of piperidine rings is 1. The highest BCUT2D eigenvalue weighted by Crippen LogP contribution is 2.22. The number of hydrogen-bond donors (Lipinski definition) is 1. The van der Waals surface area contributed by atoms with Crippen molar-refractivity contribution in [3.63, 3.8) is 0 Å². The molecule has 2 aliphatic heterocycles. The summed E-state index contributed by atoms with van der Waals surface area (Å²) in [7, 11) is 0. The van der Waals surface area contributed by atoms with Gasteiger partial charge >= 0.3 is 0 Å². The van der Waals surface area contributed by atoms with Crippen LogP contribution in [0.1, 0.15) is 40.0 Å². The van der Waals surface area contributed by atoms with E-state index in [1.54, 1.807) is 0 Å². The largest absolute Gasteiger partial charge is 0.373 e. The molecule has 3 unspecified atom stereocenters. The first kappa shape index (κ1) is 12.3. The molecule has 0 spiro atoms. The molecule has 2 aliphatic rings. The number of nitrogens with one attached hydrogen (secondary N) is 1. The average molecular weight is 226 g/mol. The van der Waals surface area contributed by atoms with Gasteiger partial charge in [-0.15, -0.1) is 0 Å². The summed E-state index contributed by atoms with van der Waals surface area (Å²) < 4.78 is 5.78. The second-order valence-electron chi connectivity index (χ2n) is 5.90. The summed E-state index contributed by atoms with van der Waals surface area (Å²) >= 11 is 0. The molecule has 0 aliphatic carbocycles. The summed E-state index contributed by atoms with van der Waals surface area (Å²) in [6.07, 6.45) is 4.80. The maximum atomic E-state index is 5.78. The molecule has 2 heterocycles. The van der Waals surface area contributed by atoms with Crippen molar-refractivity contribution in [1.29, 1.82) is 0 Å². The number of nitrogens with zero attached hydrogens (tertiary/aromatic N) is 1. The summed E-state index contributed by atoms with van der Waals surface area (Å²) in [5, 5.41) is 3.69. The summed E-state index contributed by atoms with van der Waals surface area (Å²) in [6, 6.07) is 0. The van der Waals surface area contributed by atoms with Crippen molar-refractivity contribution in [1.82, 2.24) is 10.2 Å². The van der Waals surface area contributed by atoms with Gasteiger partial charge in [0.05, 0.1) is 12.2 Å². The lowest BCUT2D eigenvalue weighted by molar-refractivity contribution is -0.0745. The van der Waals surface area contributed by atoms with Crippen LogP contribution in [0.2, 0.25) is 0 Å². The molecule has 94 valence electrons. The van der Waals surface area contributed by atoms with Crippen LogP contribution in [0.15, 0.2) is 0 Å². The van der Waals surface area contributed by atoms with Gasteiger partial charge in [0.1, 0.15) is 0 Å². The van der Waals surface area contributed by atoms with Crippen molar-refractivity contribution in [2.75, 3.05) is 26.2 Å². The molecule has 2 rings (SSSR count). The molecule has 0 aromatic carbocycles. The number of morpholine rings is 1. The first-order valence-corrected chi connectivity index (χ1v) is 6.70. The van der Waals surface area contributed by atoms with Gasteiger partial charge in [-0.1, -0.05) is 6.42 Å². The van der Waals surface area contributed by atoms with E-state index in [0.29, 0.717) is 17.7 Å². The zero-order chi connectivity index (χ0) is 11.6. The minimum absolute atomic E-state index is 0.328. The van der Waals surface area contributed by atoms with Crippen molar-refractivity contribution in [2.24, 2.45) is 0 Å². The Kier molecular flexibility index (Phi) is 3.88. The van der Waals surface area contributed by atoms with Crippen LogP contribution in [-0.2, 0) is 4.74 Å². The molecule has 0 aromatic heterocycles. The fourth-order valence-corrected chi connectivity index (χ4v) is 3.16. The van der Waals surface area contributed by atoms with Crippen LogP contribution in [0.25, 0.3) is 0 Å². The van der Waals surface area contributed by atoms with Gasteiger partial charge in [-0.3, -0.25) is 4.90 Å². The first-order chi connectivity index (χ1) is 7.57. The van der Waals surface area contributed by atoms with Crippen LogP contribution in [0, 0.1) is 0 Å². The molecule has 0 bridgehead atoms. The van der Waals surface area contributed by atoms with Crippen molar-refractivity contribution >= 4 is 0 Å². The van der Waals surface area contributed by atoms with E-state index in [-0.39, 0.29) is 0 Å². The Morgan fingerprint density at radius 1 is 1.25 bits per heavy atom. The third kappa shape index (κ3) is 3.19. The quantitative estimate of drug-likeness (QED) is 0.774. The van der Waals surface area contributed by atoms with Gasteiger partial charge in [0, 0.05) is 25.2 Å². The summed E-state index contributed by atoms with van der Waals surface area (Å²) in [5.41, 5.74) is 0.328. The maximum absolute atomic E-state index is 5.78. The summed E-state index contributed by atoms with van der Waals surface area (Å²) in [6.45, 7) is 11.3. The minimum Gasteiger partial charge on any atom is -0.373 e. The number of ether oxygens (including phenoxy) is 1. The fourth-order valence-electron chi connectivity index (χ4n) is 3.16. The molecule has 0 radical (unpaired) electrons. The predicted molar refractivity (Wildman–Crippen MR) is 66.7 cm³/mol. The number of rotatable bonds is 2.